The highest BCUT2D eigenvalue weighted by atomic mass is 32.1. The van der Waals surface area contributed by atoms with Gasteiger partial charge in [0.1, 0.15) is 0 Å². The van der Waals surface area contributed by atoms with E-state index in [1.165, 1.54) is 54.1 Å². The second-order valence-corrected chi connectivity index (χ2v) is 14.4. The van der Waals surface area contributed by atoms with Gasteiger partial charge in [-0.25, -0.2) is 9.97 Å². The van der Waals surface area contributed by atoms with Gasteiger partial charge >= 0.3 is 0 Å². The van der Waals surface area contributed by atoms with Crippen molar-refractivity contribution in [1.82, 2.24) is 14.5 Å². The van der Waals surface area contributed by atoms with Crippen LogP contribution in [0.2, 0.25) is 0 Å². The second kappa shape index (κ2) is 11.1. The van der Waals surface area contributed by atoms with Crippen molar-refractivity contribution in [3.05, 3.63) is 180 Å². The Morgan fingerprint density at radius 1 is 0.608 bits per heavy atom. The minimum Gasteiger partial charge on any atom is -0.320 e. The largest absolute Gasteiger partial charge is 0.320 e. The van der Waals surface area contributed by atoms with Crippen LogP contribution in [0.25, 0.3) is 65.5 Å². The molecule has 1 aliphatic heterocycles. The van der Waals surface area contributed by atoms with Crippen LogP contribution < -0.4 is 4.90 Å². The van der Waals surface area contributed by atoms with Crippen LogP contribution in [0, 0.1) is 0 Å². The minimum absolute atomic E-state index is 0.227. The van der Waals surface area contributed by atoms with E-state index in [9.17, 15) is 0 Å². The smallest absolute Gasteiger partial charge is 0.160 e. The molecule has 0 radical (unpaired) electrons. The maximum atomic E-state index is 5.23. The van der Waals surface area contributed by atoms with Crippen molar-refractivity contribution in [2.24, 2.45) is 0 Å². The van der Waals surface area contributed by atoms with Crippen molar-refractivity contribution in [3.63, 3.8) is 0 Å². The van der Waals surface area contributed by atoms with E-state index >= 15 is 0 Å². The molecule has 0 spiro atoms. The number of anilines is 2. The first-order chi connectivity index (χ1) is 25.3. The summed E-state index contributed by atoms with van der Waals surface area (Å²) in [6.45, 7) is 0. The minimum atomic E-state index is 0.227. The van der Waals surface area contributed by atoms with Crippen molar-refractivity contribution >= 4 is 59.9 Å². The Balaban J connectivity index is 1.12. The lowest BCUT2D eigenvalue weighted by atomic mass is 9.87. The molecule has 2 aliphatic rings. The van der Waals surface area contributed by atoms with E-state index in [0.717, 1.165) is 45.7 Å². The Morgan fingerprint density at radius 2 is 1.35 bits per heavy atom. The van der Waals surface area contributed by atoms with E-state index in [4.69, 9.17) is 9.97 Å². The molecule has 0 fully saturated rings. The number of para-hydroxylation sites is 2. The Morgan fingerprint density at radius 3 is 2.24 bits per heavy atom. The zero-order valence-electron chi connectivity index (χ0n) is 27.6. The molecule has 0 N–H and O–H groups in total. The van der Waals surface area contributed by atoms with Crippen molar-refractivity contribution in [1.29, 1.82) is 0 Å². The summed E-state index contributed by atoms with van der Waals surface area (Å²) >= 11 is 1.90. The first-order valence-corrected chi connectivity index (χ1v) is 18.2. The topological polar surface area (TPSA) is 34.0 Å². The van der Waals surface area contributed by atoms with Crippen LogP contribution in [0.5, 0.6) is 0 Å². The Hall–Kier alpha value is -6.30. The van der Waals surface area contributed by atoms with Gasteiger partial charge in [0.2, 0.25) is 0 Å². The molecule has 3 aromatic heterocycles. The molecule has 4 nitrogen and oxygen atoms in total. The normalized spacial score (nSPS) is 14.9. The lowest BCUT2D eigenvalue weighted by Gasteiger charge is -2.27. The molecular formula is C46H30N4S. The lowest BCUT2D eigenvalue weighted by Crippen LogP contribution is -2.18. The molecule has 0 bridgehead atoms. The van der Waals surface area contributed by atoms with Gasteiger partial charge in [0.05, 0.1) is 21.6 Å². The van der Waals surface area contributed by atoms with E-state index in [1.807, 2.05) is 17.4 Å². The van der Waals surface area contributed by atoms with Crippen molar-refractivity contribution in [2.45, 2.75) is 12.3 Å². The molecule has 240 valence electrons. The summed E-state index contributed by atoms with van der Waals surface area (Å²) in [7, 11) is 0. The fourth-order valence-corrected chi connectivity index (χ4v) is 9.47. The summed E-state index contributed by atoms with van der Waals surface area (Å²) in [5, 5.41) is 3.68. The quantitative estimate of drug-likeness (QED) is 0.187. The molecule has 0 saturated carbocycles. The number of aromatic nitrogens is 3. The van der Waals surface area contributed by atoms with Gasteiger partial charge in [-0.15, -0.1) is 11.3 Å². The van der Waals surface area contributed by atoms with Gasteiger partial charge in [-0.1, -0.05) is 109 Å². The monoisotopic (exact) mass is 670 g/mol. The van der Waals surface area contributed by atoms with Crippen LogP contribution in [0.4, 0.5) is 11.4 Å². The predicted molar refractivity (Wildman–Crippen MR) is 212 cm³/mol. The maximum absolute atomic E-state index is 5.23. The Labute approximate surface area is 299 Å². The number of fused-ring (bicyclic) bond motifs is 9. The summed E-state index contributed by atoms with van der Waals surface area (Å²) in [5.74, 6) is 0.954. The predicted octanol–water partition coefficient (Wildman–Crippen LogP) is 12.0. The highest BCUT2D eigenvalue weighted by molar-refractivity contribution is 7.26. The standard InChI is InChI=1S/C46H30N4S/c1-3-12-29(13-4-1)43-37-19-7-9-20-39(37)47-46(48-43)31-14-11-17-33(26-31)50-41-27-30-24-25-49(32-15-5-2-6-16-32)40(30)28-38(41)35-22-23-36-34-18-8-10-21-42(34)51-45(36)44(35)50/h1-27,38H,28H2. The first kappa shape index (κ1) is 28.5. The molecule has 51 heavy (non-hydrogen) atoms. The SMILES string of the molecule is C1=C2C(Cc3c1ccn3-c1ccccc1)c1ccc3c(sc4ccccc43)c1N2c1cccc(-c2nc(-c3ccccc3)c3ccccc3n2)c1. The maximum Gasteiger partial charge on any atom is 0.160 e. The molecule has 0 saturated heterocycles. The van der Waals surface area contributed by atoms with Crippen LogP contribution in [-0.2, 0) is 6.42 Å². The fourth-order valence-electron chi connectivity index (χ4n) is 8.22. The highest BCUT2D eigenvalue weighted by Crippen LogP contribution is 2.56. The number of hydrogen-bond acceptors (Lipinski definition) is 4. The number of allylic oxidation sites excluding steroid dienone is 1. The molecule has 4 heterocycles. The molecule has 1 unspecified atom stereocenters. The number of benzene rings is 6. The number of nitrogens with zero attached hydrogens (tertiary/aromatic N) is 4. The van der Waals surface area contributed by atoms with E-state index in [0.29, 0.717) is 0 Å². The van der Waals surface area contributed by atoms with Gasteiger partial charge in [0.15, 0.2) is 5.82 Å². The highest BCUT2D eigenvalue weighted by Gasteiger charge is 2.40. The zero-order valence-corrected chi connectivity index (χ0v) is 28.4. The third kappa shape index (κ3) is 4.38. The van der Waals surface area contributed by atoms with Crippen LogP contribution in [0.15, 0.2) is 164 Å². The molecular weight excluding hydrogens is 641 g/mol. The molecule has 1 aliphatic carbocycles. The summed E-state index contributed by atoms with van der Waals surface area (Å²) in [6.07, 6.45) is 5.58. The molecule has 5 heteroatoms. The first-order valence-electron chi connectivity index (χ1n) is 17.4. The number of hydrogen-bond donors (Lipinski definition) is 0. The average molecular weight is 671 g/mol. The van der Waals surface area contributed by atoms with Crippen LogP contribution >= 0.6 is 11.3 Å². The van der Waals surface area contributed by atoms with Gasteiger partial charge in [-0.05, 0) is 59.7 Å². The molecule has 1 atom stereocenters. The van der Waals surface area contributed by atoms with Gasteiger partial charge in [-0.3, -0.25) is 0 Å². The van der Waals surface area contributed by atoms with Crippen molar-refractivity contribution in [3.8, 4) is 28.3 Å². The summed E-state index contributed by atoms with van der Waals surface area (Å²) < 4.78 is 5.01. The Bertz CT molecular complexity index is 2850. The van der Waals surface area contributed by atoms with Gasteiger partial charge in [0, 0.05) is 73.3 Å². The van der Waals surface area contributed by atoms with Crippen molar-refractivity contribution in [2.75, 3.05) is 4.90 Å². The molecule has 6 aromatic carbocycles. The van der Waals surface area contributed by atoms with Crippen molar-refractivity contribution < 1.29 is 0 Å². The summed E-state index contributed by atoms with van der Waals surface area (Å²) in [4.78, 5) is 12.9. The van der Waals surface area contributed by atoms with E-state index in [-0.39, 0.29) is 5.92 Å². The molecule has 11 rings (SSSR count). The number of rotatable bonds is 4. The molecule has 9 aromatic rings. The van der Waals surface area contributed by atoms with Gasteiger partial charge in [-0.2, -0.15) is 0 Å². The summed E-state index contributed by atoms with van der Waals surface area (Å²) in [5.41, 5.74) is 12.9. The zero-order chi connectivity index (χ0) is 33.5. The average Bonchev–Trinajstić information content (AvgIpc) is 3.89. The third-order valence-electron chi connectivity index (χ3n) is 10.5. The van der Waals surface area contributed by atoms with E-state index in [1.54, 1.807) is 0 Å². The Kier molecular flexibility index (Phi) is 6.21. The third-order valence-corrected chi connectivity index (χ3v) is 11.7. The lowest BCUT2D eigenvalue weighted by molar-refractivity contribution is 0.756. The van der Waals surface area contributed by atoms with Crippen LogP contribution in [0.3, 0.4) is 0 Å². The van der Waals surface area contributed by atoms with Crippen LogP contribution in [0.1, 0.15) is 22.7 Å². The second-order valence-electron chi connectivity index (χ2n) is 13.4. The van der Waals surface area contributed by atoms with E-state index in [2.05, 4.69) is 167 Å². The fraction of sp³-hybridized carbons (Fsp3) is 0.0435. The van der Waals surface area contributed by atoms with E-state index < -0.39 is 0 Å². The number of thiophene rings is 1. The summed E-state index contributed by atoms with van der Waals surface area (Å²) in [6, 6.07) is 54.1. The van der Waals surface area contributed by atoms with Gasteiger partial charge < -0.3 is 9.47 Å². The van der Waals surface area contributed by atoms with Crippen LogP contribution in [-0.4, -0.2) is 14.5 Å². The molecule has 0 amide bonds. The van der Waals surface area contributed by atoms with Gasteiger partial charge in [0.25, 0.3) is 0 Å².